The molecular formula is C20H25N3O3. The summed E-state index contributed by atoms with van der Waals surface area (Å²) >= 11 is 0. The summed E-state index contributed by atoms with van der Waals surface area (Å²) in [5.41, 5.74) is 3.01. The summed E-state index contributed by atoms with van der Waals surface area (Å²) in [5, 5.41) is 2.96. The number of carbonyl (C=O) groups excluding carboxylic acids is 1. The number of nitrogens with zero attached hydrogens (tertiary/aromatic N) is 2. The highest BCUT2D eigenvalue weighted by Gasteiger charge is 2.23. The van der Waals surface area contributed by atoms with Gasteiger partial charge in [-0.25, -0.2) is 4.79 Å². The van der Waals surface area contributed by atoms with Gasteiger partial charge in [0.05, 0.1) is 19.9 Å². The fraction of sp³-hybridized carbons (Fsp3) is 0.350. The van der Waals surface area contributed by atoms with E-state index >= 15 is 0 Å². The van der Waals surface area contributed by atoms with Crippen LogP contribution < -0.4 is 19.7 Å². The third kappa shape index (κ3) is 4.02. The molecule has 2 amide bonds. The summed E-state index contributed by atoms with van der Waals surface area (Å²) in [6.07, 6.45) is 0. The van der Waals surface area contributed by atoms with Gasteiger partial charge in [0.2, 0.25) is 0 Å². The van der Waals surface area contributed by atoms with E-state index in [1.54, 1.807) is 14.2 Å². The van der Waals surface area contributed by atoms with Gasteiger partial charge >= 0.3 is 6.03 Å². The predicted octanol–water partition coefficient (Wildman–Crippen LogP) is 3.37. The van der Waals surface area contributed by atoms with E-state index in [-0.39, 0.29) is 6.03 Å². The van der Waals surface area contributed by atoms with Crippen LogP contribution >= 0.6 is 0 Å². The Morgan fingerprint density at radius 3 is 2.27 bits per heavy atom. The molecule has 6 nitrogen and oxygen atoms in total. The molecule has 0 unspecified atom stereocenters. The van der Waals surface area contributed by atoms with Gasteiger partial charge in [-0.3, -0.25) is 0 Å². The molecule has 6 heteroatoms. The molecule has 2 aromatic carbocycles. The molecule has 1 aliphatic rings. The van der Waals surface area contributed by atoms with Gasteiger partial charge in [0.15, 0.2) is 0 Å². The largest absolute Gasteiger partial charge is 0.497 e. The van der Waals surface area contributed by atoms with Gasteiger partial charge in [-0.05, 0) is 31.2 Å². The molecule has 26 heavy (non-hydrogen) atoms. The molecule has 0 atom stereocenters. The quantitative estimate of drug-likeness (QED) is 0.914. The maximum atomic E-state index is 12.5. The number of anilines is 2. The maximum absolute atomic E-state index is 12.5. The van der Waals surface area contributed by atoms with Crippen molar-refractivity contribution in [2.24, 2.45) is 0 Å². The number of hydrogen-bond acceptors (Lipinski definition) is 4. The van der Waals surface area contributed by atoms with Gasteiger partial charge in [-0.1, -0.05) is 17.7 Å². The van der Waals surface area contributed by atoms with Crippen molar-refractivity contribution in [2.45, 2.75) is 6.92 Å². The van der Waals surface area contributed by atoms with E-state index in [4.69, 9.17) is 9.47 Å². The summed E-state index contributed by atoms with van der Waals surface area (Å²) in [4.78, 5) is 16.5. The lowest BCUT2D eigenvalue weighted by molar-refractivity contribution is 0.208. The summed E-state index contributed by atoms with van der Waals surface area (Å²) in [6.45, 7) is 4.85. The summed E-state index contributed by atoms with van der Waals surface area (Å²) < 4.78 is 10.7. The molecule has 1 aliphatic heterocycles. The Morgan fingerprint density at radius 2 is 1.65 bits per heavy atom. The molecule has 0 spiro atoms. The predicted molar refractivity (Wildman–Crippen MR) is 104 cm³/mol. The zero-order chi connectivity index (χ0) is 18.5. The summed E-state index contributed by atoms with van der Waals surface area (Å²) in [7, 11) is 3.30. The number of amides is 2. The molecule has 0 aliphatic carbocycles. The minimum absolute atomic E-state index is 0.0600. The van der Waals surface area contributed by atoms with Crippen LogP contribution in [-0.4, -0.2) is 51.3 Å². The summed E-state index contributed by atoms with van der Waals surface area (Å²) in [5.74, 6) is 1.55. The normalized spacial score (nSPS) is 14.1. The van der Waals surface area contributed by atoms with Gasteiger partial charge in [0.25, 0.3) is 0 Å². The van der Waals surface area contributed by atoms with Crippen molar-refractivity contribution in [3.63, 3.8) is 0 Å². The van der Waals surface area contributed by atoms with Crippen molar-refractivity contribution in [1.29, 1.82) is 0 Å². The fourth-order valence-electron chi connectivity index (χ4n) is 3.04. The third-order valence-corrected chi connectivity index (χ3v) is 4.60. The highest BCUT2D eigenvalue weighted by atomic mass is 16.5. The molecule has 1 heterocycles. The molecule has 0 bridgehead atoms. The number of piperazine rings is 1. The first-order valence-corrected chi connectivity index (χ1v) is 8.70. The molecule has 3 rings (SSSR count). The number of urea groups is 1. The van der Waals surface area contributed by atoms with E-state index < -0.39 is 0 Å². The first-order chi connectivity index (χ1) is 12.6. The third-order valence-electron chi connectivity index (χ3n) is 4.60. The second kappa shape index (κ2) is 7.99. The molecular weight excluding hydrogens is 330 g/mol. The Kier molecular flexibility index (Phi) is 5.51. The Bertz CT molecular complexity index is 753. The lowest BCUT2D eigenvalue weighted by Crippen LogP contribution is -2.50. The smallest absolute Gasteiger partial charge is 0.321 e. The Morgan fingerprint density at radius 1 is 0.962 bits per heavy atom. The number of methoxy groups -OCH3 is 2. The van der Waals surface area contributed by atoms with Crippen LogP contribution in [0.4, 0.5) is 16.2 Å². The molecule has 0 radical (unpaired) electrons. The van der Waals surface area contributed by atoms with Crippen LogP contribution in [0.2, 0.25) is 0 Å². The number of ether oxygens (including phenoxy) is 2. The van der Waals surface area contributed by atoms with E-state index in [0.717, 1.165) is 36.0 Å². The molecule has 2 aromatic rings. The van der Waals surface area contributed by atoms with E-state index in [1.165, 1.54) is 5.56 Å². The van der Waals surface area contributed by atoms with Gasteiger partial charge in [0, 0.05) is 37.9 Å². The lowest BCUT2D eigenvalue weighted by Gasteiger charge is -2.36. The van der Waals surface area contributed by atoms with Crippen molar-refractivity contribution in [2.75, 3.05) is 50.6 Å². The van der Waals surface area contributed by atoms with Crippen LogP contribution in [-0.2, 0) is 0 Å². The molecule has 1 fully saturated rings. The topological polar surface area (TPSA) is 54.0 Å². The summed E-state index contributed by atoms with van der Waals surface area (Å²) in [6, 6.07) is 13.6. The van der Waals surface area contributed by atoms with Crippen molar-refractivity contribution < 1.29 is 14.3 Å². The average molecular weight is 355 g/mol. The average Bonchev–Trinajstić information content (AvgIpc) is 2.69. The Balaban J connectivity index is 1.60. The Hall–Kier alpha value is -2.89. The number of nitrogens with one attached hydrogen (secondary N) is 1. The van der Waals surface area contributed by atoms with Crippen LogP contribution in [0.25, 0.3) is 0 Å². The molecule has 0 aromatic heterocycles. The minimum Gasteiger partial charge on any atom is -0.497 e. The highest BCUT2D eigenvalue weighted by Crippen LogP contribution is 2.32. The second-order valence-corrected chi connectivity index (χ2v) is 6.31. The fourth-order valence-corrected chi connectivity index (χ4v) is 3.04. The number of aryl methyl sites for hydroxylation is 1. The van der Waals surface area contributed by atoms with Gasteiger partial charge in [-0.15, -0.1) is 0 Å². The number of carbonyl (C=O) groups is 1. The lowest BCUT2D eigenvalue weighted by atomic mass is 10.2. The highest BCUT2D eigenvalue weighted by molar-refractivity contribution is 5.89. The van der Waals surface area contributed by atoms with Gasteiger partial charge in [0.1, 0.15) is 11.5 Å². The van der Waals surface area contributed by atoms with Crippen molar-refractivity contribution in [1.82, 2.24) is 4.90 Å². The van der Waals surface area contributed by atoms with Crippen LogP contribution in [0, 0.1) is 6.92 Å². The van der Waals surface area contributed by atoms with Gasteiger partial charge in [-0.2, -0.15) is 0 Å². The zero-order valence-corrected chi connectivity index (χ0v) is 15.5. The van der Waals surface area contributed by atoms with E-state index in [2.05, 4.69) is 10.2 Å². The zero-order valence-electron chi connectivity index (χ0n) is 15.5. The maximum Gasteiger partial charge on any atom is 0.321 e. The van der Waals surface area contributed by atoms with Crippen LogP contribution in [0.1, 0.15) is 5.56 Å². The van der Waals surface area contributed by atoms with Crippen LogP contribution in [0.5, 0.6) is 11.5 Å². The first-order valence-electron chi connectivity index (χ1n) is 8.70. The SMILES string of the molecule is COc1ccc(N2CCN(C(=O)Nc3ccc(C)cc3)CC2)c(OC)c1. The molecule has 1 saturated heterocycles. The van der Waals surface area contributed by atoms with E-state index in [0.29, 0.717) is 13.1 Å². The molecule has 138 valence electrons. The van der Waals surface area contributed by atoms with Crippen molar-refractivity contribution >= 4 is 17.4 Å². The van der Waals surface area contributed by atoms with E-state index in [9.17, 15) is 4.79 Å². The van der Waals surface area contributed by atoms with E-state index in [1.807, 2.05) is 54.3 Å². The van der Waals surface area contributed by atoms with Crippen molar-refractivity contribution in [3.8, 4) is 11.5 Å². The van der Waals surface area contributed by atoms with Crippen molar-refractivity contribution in [3.05, 3.63) is 48.0 Å². The number of rotatable bonds is 4. The molecule has 1 N–H and O–H groups in total. The Labute approximate surface area is 154 Å². The second-order valence-electron chi connectivity index (χ2n) is 6.31. The monoisotopic (exact) mass is 355 g/mol. The number of benzene rings is 2. The minimum atomic E-state index is -0.0600. The van der Waals surface area contributed by atoms with Gasteiger partial charge < -0.3 is 24.6 Å². The van der Waals surface area contributed by atoms with Crippen LogP contribution in [0.3, 0.4) is 0 Å². The first kappa shape index (κ1) is 17.9. The molecule has 0 saturated carbocycles. The van der Waals surface area contributed by atoms with Crippen LogP contribution in [0.15, 0.2) is 42.5 Å². The number of hydrogen-bond donors (Lipinski definition) is 1. The standard InChI is InChI=1S/C20H25N3O3/c1-15-4-6-16(7-5-15)21-20(24)23-12-10-22(11-13-23)18-9-8-17(25-2)14-19(18)26-3/h4-9,14H,10-13H2,1-3H3,(H,21,24).